The highest BCUT2D eigenvalue weighted by Gasteiger charge is 1.96. The molecule has 0 atom stereocenters. The first-order chi connectivity index (χ1) is 5.97. The summed E-state index contributed by atoms with van der Waals surface area (Å²) in [6, 6.07) is 2.91. The largest absolute Gasteiger partial charge is 0.267 e. The average Bonchev–Trinajstić information content (AvgIpc) is 2.00. The van der Waals surface area contributed by atoms with Crippen molar-refractivity contribution in [1.82, 2.24) is 4.98 Å². The Morgan fingerprint density at radius 3 is 2.77 bits per heavy atom. The Hall–Kier alpha value is -1.01. The molecule has 0 N–H and O–H groups in total. The lowest BCUT2D eigenvalue weighted by molar-refractivity contribution is 0.601. The number of pyridine rings is 1. The van der Waals surface area contributed by atoms with Gasteiger partial charge in [0, 0.05) is 12.3 Å². The minimum absolute atomic E-state index is 0.241. The maximum absolute atomic E-state index is 10.6. The first-order valence-corrected chi connectivity index (χ1v) is 5.44. The van der Waals surface area contributed by atoms with E-state index in [-0.39, 0.29) is 5.15 Å². The Bertz CT molecular complexity index is 429. The summed E-state index contributed by atoms with van der Waals surface area (Å²) in [6.07, 6.45) is 2.37. The number of hydrogen-bond acceptors (Lipinski definition) is 4. The van der Waals surface area contributed by atoms with Crippen LogP contribution in [0.25, 0.3) is 0 Å². The van der Waals surface area contributed by atoms with Gasteiger partial charge in [-0.1, -0.05) is 16.1 Å². The van der Waals surface area contributed by atoms with Gasteiger partial charge in [0.15, 0.2) is 0 Å². The molecule has 0 amide bonds. The fraction of sp³-hybridized carbons (Fsp3) is 0.167. The Labute approximate surface area is 80.5 Å². The summed E-state index contributed by atoms with van der Waals surface area (Å²) < 4.78 is 24.2. The third-order valence-corrected chi connectivity index (χ3v) is 1.60. The molecule has 0 radical (unpaired) electrons. The first-order valence-electron chi connectivity index (χ1n) is 3.22. The van der Waals surface area contributed by atoms with E-state index in [0.29, 0.717) is 5.69 Å². The molecular formula is C6H6ClN3O2S. The van der Waals surface area contributed by atoms with Crippen LogP contribution in [0.15, 0.2) is 28.0 Å². The van der Waals surface area contributed by atoms with Crippen molar-refractivity contribution in [1.29, 1.82) is 0 Å². The predicted molar refractivity (Wildman–Crippen MR) is 48.6 cm³/mol. The summed E-state index contributed by atoms with van der Waals surface area (Å²) in [4.78, 5) is 3.70. The molecule has 0 bridgehead atoms. The van der Waals surface area contributed by atoms with Gasteiger partial charge in [-0.2, -0.15) is 0 Å². The topological polar surface area (TPSA) is 71.8 Å². The number of rotatable bonds is 2. The molecule has 0 unspecified atom stereocenters. The Morgan fingerprint density at radius 2 is 2.23 bits per heavy atom. The van der Waals surface area contributed by atoms with Crippen LogP contribution in [0, 0.1) is 0 Å². The molecule has 0 spiro atoms. The maximum atomic E-state index is 10.6. The number of aromatic nitrogens is 1. The van der Waals surface area contributed by atoms with Gasteiger partial charge < -0.3 is 0 Å². The Kier molecular flexibility index (Phi) is 2.94. The molecule has 5 nitrogen and oxygen atoms in total. The molecule has 1 aromatic rings. The van der Waals surface area contributed by atoms with Gasteiger partial charge in [-0.25, -0.2) is 13.4 Å². The zero-order valence-electron chi connectivity index (χ0n) is 6.68. The molecule has 0 aliphatic heterocycles. The molecule has 0 saturated carbocycles. The third kappa shape index (κ3) is 3.95. The van der Waals surface area contributed by atoms with Crippen LogP contribution in [0.3, 0.4) is 0 Å². The summed E-state index contributed by atoms with van der Waals surface area (Å²) in [7, 11) is -3.44. The van der Waals surface area contributed by atoms with Gasteiger partial charge in [0.1, 0.15) is 5.15 Å². The lowest BCUT2D eigenvalue weighted by atomic mass is 10.4. The average molecular weight is 220 g/mol. The van der Waals surface area contributed by atoms with Crippen LogP contribution in [0.5, 0.6) is 0 Å². The highest BCUT2D eigenvalue weighted by Crippen LogP contribution is 2.15. The van der Waals surface area contributed by atoms with Crippen molar-refractivity contribution in [2.24, 2.45) is 9.63 Å². The van der Waals surface area contributed by atoms with E-state index in [4.69, 9.17) is 11.6 Å². The molecule has 1 aromatic heterocycles. The van der Waals surface area contributed by atoms with E-state index in [1.807, 2.05) is 0 Å². The van der Waals surface area contributed by atoms with Crippen LogP contribution in [0.4, 0.5) is 5.69 Å². The Balaban J connectivity index is 2.93. The molecule has 0 aliphatic rings. The molecule has 70 valence electrons. The van der Waals surface area contributed by atoms with Crippen LogP contribution < -0.4 is 0 Å². The van der Waals surface area contributed by atoms with Crippen molar-refractivity contribution in [2.45, 2.75) is 0 Å². The summed E-state index contributed by atoms with van der Waals surface area (Å²) in [5.41, 5.74) is 0.352. The number of hydrogen-bond donors (Lipinski definition) is 0. The highest BCUT2D eigenvalue weighted by atomic mass is 35.5. The van der Waals surface area contributed by atoms with E-state index >= 15 is 0 Å². The molecule has 0 aromatic carbocycles. The Morgan fingerprint density at radius 1 is 1.54 bits per heavy atom. The number of halogens is 1. The van der Waals surface area contributed by atoms with E-state index in [2.05, 4.69) is 14.6 Å². The second-order valence-electron chi connectivity index (χ2n) is 2.25. The van der Waals surface area contributed by atoms with E-state index in [1.54, 1.807) is 0 Å². The molecule has 1 heterocycles. The van der Waals surface area contributed by atoms with Crippen molar-refractivity contribution in [3.63, 3.8) is 0 Å². The number of nitrogens with zero attached hydrogens (tertiary/aromatic N) is 3. The lowest BCUT2D eigenvalue weighted by Crippen LogP contribution is -1.86. The second kappa shape index (κ2) is 3.80. The van der Waals surface area contributed by atoms with Gasteiger partial charge in [-0.05, 0) is 6.07 Å². The van der Waals surface area contributed by atoms with Crippen molar-refractivity contribution in [2.75, 3.05) is 6.26 Å². The van der Waals surface area contributed by atoms with Crippen LogP contribution in [0.2, 0.25) is 5.15 Å². The number of sulfonamides is 1. The fourth-order valence-electron chi connectivity index (χ4n) is 0.576. The quantitative estimate of drug-likeness (QED) is 0.562. The summed E-state index contributed by atoms with van der Waals surface area (Å²) in [6.45, 7) is 0. The zero-order chi connectivity index (χ0) is 9.90. The lowest BCUT2D eigenvalue weighted by Gasteiger charge is -1.90. The molecule has 0 aliphatic carbocycles. The third-order valence-electron chi connectivity index (χ3n) is 1.01. The molecule has 7 heteroatoms. The smallest absolute Gasteiger partial charge is 0.244 e. The molecule has 0 saturated heterocycles. The molecule has 13 heavy (non-hydrogen) atoms. The van der Waals surface area contributed by atoms with Gasteiger partial charge in [0.05, 0.1) is 11.9 Å². The zero-order valence-corrected chi connectivity index (χ0v) is 8.25. The minimum Gasteiger partial charge on any atom is -0.244 e. The summed E-state index contributed by atoms with van der Waals surface area (Å²) in [5, 5.41) is 3.69. The van der Waals surface area contributed by atoms with E-state index in [0.717, 1.165) is 6.26 Å². The van der Waals surface area contributed by atoms with Gasteiger partial charge in [-0.3, -0.25) is 0 Å². The van der Waals surface area contributed by atoms with Gasteiger partial charge >= 0.3 is 0 Å². The normalized spacial score (nSPS) is 12.2. The van der Waals surface area contributed by atoms with Crippen LogP contribution in [-0.4, -0.2) is 19.7 Å². The molecule has 0 fully saturated rings. The summed E-state index contributed by atoms with van der Waals surface area (Å²) >= 11 is 5.53. The minimum atomic E-state index is -3.44. The highest BCUT2D eigenvalue weighted by molar-refractivity contribution is 7.89. The molecular weight excluding hydrogens is 214 g/mol. The van der Waals surface area contributed by atoms with E-state index in [9.17, 15) is 8.42 Å². The molecule has 1 rings (SSSR count). The SMILES string of the molecule is CS(=O)(=O)N=Nc1ccnc(Cl)c1. The van der Waals surface area contributed by atoms with Crippen LogP contribution in [-0.2, 0) is 10.0 Å². The maximum Gasteiger partial charge on any atom is 0.267 e. The fourth-order valence-corrected chi connectivity index (χ4v) is 0.986. The van der Waals surface area contributed by atoms with Gasteiger partial charge in [0.25, 0.3) is 10.0 Å². The van der Waals surface area contributed by atoms with E-state index in [1.165, 1.54) is 18.3 Å². The van der Waals surface area contributed by atoms with Crippen molar-refractivity contribution in [3.05, 3.63) is 23.5 Å². The van der Waals surface area contributed by atoms with Crippen molar-refractivity contribution >= 4 is 27.3 Å². The van der Waals surface area contributed by atoms with Gasteiger partial charge in [0.2, 0.25) is 0 Å². The summed E-state index contributed by atoms with van der Waals surface area (Å²) in [5.74, 6) is 0. The first kappa shape index (κ1) is 10.1. The van der Waals surface area contributed by atoms with E-state index < -0.39 is 10.0 Å². The van der Waals surface area contributed by atoms with Gasteiger partial charge in [-0.15, -0.1) is 5.11 Å². The van der Waals surface area contributed by atoms with Crippen molar-refractivity contribution < 1.29 is 8.42 Å². The van der Waals surface area contributed by atoms with Crippen LogP contribution in [0.1, 0.15) is 0 Å². The standard InChI is InChI=1S/C6H6ClN3O2S/c1-13(11,12)10-9-5-2-3-8-6(7)4-5/h2-4H,1H3. The monoisotopic (exact) mass is 219 g/mol. The van der Waals surface area contributed by atoms with Crippen molar-refractivity contribution in [3.8, 4) is 0 Å². The predicted octanol–water partition coefficient (Wildman–Crippen LogP) is 1.78. The van der Waals surface area contributed by atoms with Crippen LogP contribution >= 0.6 is 11.6 Å². The second-order valence-corrected chi connectivity index (χ2v) is 4.27.